The Labute approximate surface area is 128 Å². The molecule has 0 N–H and O–H groups in total. The number of alkyl halides is 1. The van der Waals surface area contributed by atoms with E-state index < -0.39 is 0 Å². The van der Waals surface area contributed by atoms with E-state index in [9.17, 15) is 4.79 Å². The maximum absolute atomic E-state index is 12.5. The number of hydrogen-bond donors (Lipinski definition) is 0. The molecule has 1 aromatic carbocycles. The standard InChI is InChI=1S/C14H16Cl3NO/c1-18(13-5-3-2-4-11(13)16)14(19)10-7-6-9(15)8-12(10)17/h6-8,11,13H,2-5H2,1H3. The van der Waals surface area contributed by atoms with Crippen LogP contribution in [0.2, 0.25) is 10.0 Å². The quantitative estimate of drug-likeness (QED) is 0.728. The molecule has 2 atom stereocenters. The van der Waals surface area contributed by atoms with E-state index in [-0.39, 0.29) is 17.3 Å². The second-order valence-corrected chi connectivity index (χ2v) is 6.31. The zero-order chi connectivity index (χ0) is 14.0. The molecular weight excluding hydrogens is 305 g/mol. The van der Waals surface area contributed by atoms with Gasteiger partial charge in [-0.25, -0.2) is 0 Å². The summed E-state index contributed by atoms with van der Waals surface area (Å²) in [5, 5.41) is 0.928. The molecule has 0 bridgehead atoms. The summed E-state index contributed by atoms with van der Waals surface area (Å²) in [5.74, 6) is -0.0979. The average Bonchev–Trinajstić information content (AvgIpc) is 2.38. The summed E-state index contributed by atoms with van der Waals surface area (Å²) in [6, 6.07) is 5.00. The van der Waals surface area contributed by atoms with E-state index in [1.54, 1.807) is 30.1 Å². The van der Waals surface area contributed by atoms with Gasteiger partial charge in [0, 0.05) is 18.1 Å². The van der Waals surface area contributed by atoms with Crippen molar-refractivity contribution in [3.05, 3.63) is 33.8 Å². The molecule has 0 saturated heterocycles. The van der Waals surface area contributed by atoms with Gasteiger partial charge < -0.3 is 4.90 Å². The normalized spacial score (nSPS) is 23.2. The smallest absolute Gasteiger partial charge is 0.255 e. The fourth-order valence-electron chi connectivity index (χ4n) is 2.51. The molecule has 0 heterocycles. The fraction of sp³-hybridized carbons (Fsp3) is 0.500. The molecule has 1 aliphatic rings. The highest BCUT2D eigenvalue weighted by molar-refractivity contribution is 6.36. The van der Waals surface area contributed by atoms with Crippen LogP contribution in [0.4, 0.5) is 0 Å². The molecule has 0 radical (unpaired) electrons. The van der Waals surface area contributed by atoms with Crippen LogP contribution in [0.25, 0.3) is 0 Å². The molecule has 1 aromatic rings. The van der Waals surface area contributed by atoms with Gasteiger partial charge in [0.1, 0.15) is 0 Å². The lowest BCUT2D eigenvalue weighted by Crippen LogP contribution is -2.44. The van der Waals surface area contributed by atoms with E-state index in [2.05, 4.69) is 0 Å². The van der Waals surface area contributed by atoms with E-state index in [1.165, 1.54) is 0 Å². The van der Waals surface area contributed by atoms with Crippen molar-refractivity contribution < 1.29 is 4.79 Å². The third kappa shape index (κ3) is 3.36. The minimum atomic E-state index is -0.0979. The summed E-state index contributed by atoms with van der Waals surface area (Å²) < 4.78 is 0. The molecule has 1 amide bonds. The van der Waals surface area contributed by atoms with E-state index in [0.717, 1.165) is 25.7 Å². The molecule has 0 spiro atoms. The Balaban J connectivity index is 2.18. The average molecular weight is 321 g/mol. The third-order valence-electron chi connectivity index (χ3n) is 3.63. The van der Waals surface area contributed by atoms with Crippen LogP contribution in [0.1, 0.15) is 36.0 Å². The number of amides is 1. The number of nitrogens with zero attached hydrogens (tertiary/aromatic N) is 1. The number of rotatable bonds is 2. The zero-order valence-electron chi connectivity index (χ0n) is 10.7. The molecular formula is C14H16Cl3NO. The minimum absolute atomic E-state index is 0.0220. The first-order valence-corrected chi connectivity index (χ1v) is 7.56. The highest BCUT2D eigenvalue weighted by Gasteiger charge is 2.30. The van der Waals surface area contributed by atoms with E-state index >= 15 is 0 Å². The molecule has 2 rings (SSSR count). The first-order valence-electron chi connectivity index (χ1n) is 6.37. The van der Waals surface area contributed by atoms with Gasteiger partial charge in [-0.2, -0.15) is 0 Å². The van der Waals surface area contributed by atoms with E-state index in [0.29, 0.717) is 15.6 Å². The van der Waals surface area contributed by atoms with Gasteiger partial charge in [-0.05, 0) is 31.0 Å². The number of hydrogen-bond acceptors (Lipinski definition) is 1. The second kappa shape index (κ2) is 6.34. The molecule has 104 valence electrons. The lowest BCUT2D eigenvalue weighted by Gasteiger charge is -2.35. The molecule has 19 heavy (non-hydrogen) atoms. The topological polar surface area (TPSA) is 20.3 Å². The molecule has 1 fully saturated rings. The Morgan fingerprint density at radius 2 is 1.95 bits per heavy atom. The number of benzene rings is 1. The monoisotopic (exact) mass is 319 g/mol. The van der Waals surface area contributed by atoms with Crippen LogP contribution in [0, 0.1) is 0 Å². The van der Waals surface area contributed by atoms with Gasteiger partial charge in [-0.3, -0.25) is 4.79 Å². The molecule has 2 unspecified atom stereocenters. The van der Waals surface area contributed by atoms with Gasteiger partial charge in [0.25, 0.3) is 5.91 Å². The highest BCUT2D eigenvalue weighted by Crippen LogP contribution is 2.29. The molecule has 1 aliphatic carbocycles. The van der Waals surface area contributed by atoms with Crippen molar-refractivity contribution in [3.8, 4) is 0 Å². The Morgan fingerprint density at radius 3 is 2.58 bits per heavy atom. The van der Waals surface area contributed by atoms with Crippen LogP contribution in [0.15, 0.2) is 18.2 Å². The van der Waals surface area contributed by atoms with Gasteiger partial charge >= 0.3 is 0 Å². The summed E-state index contributed by atoms with van der Waals surface area (Å²) in [4.78, 5) is 14.2. The summed E-state index contributed by atoms with van der Waals surface area (Å²) in [5.41, 5.74) is 0.475. The Morgan fingerprint density at radius 1 is 1.26 bits per heavy atom. The van der Waals surface area contributed by atoms with Crippen molar-refractivity contribution in [2.24, 2.45) is 0 Å². The van der Waals surface area contributed by atoms with E-state index in [4.69, 9.17) is 34.8 Å². The van der Waals surface area contributed by atoms with Crippen molar-refractivity contribution in [1.29, 1.82) is 0 Å². The third-order valence-corrected chi connectivity index (χ3v) is 4.68. The van der Waals surface area contributed by atoms with Crippen LogP contribution in [0.3, 0.4) is 0 Å². The van der Waals surface area contributed by atoms with Crippen LogP contribution in [-0.2, 0) is 0 Å². The van der Waals surface area contributed by atoms with Crippen molar-refractivity contribution in [3.63, 3.8) is 0 Å². The van der Waals surface area contributed by atoms with Crippen LogP contribution in [0.5, 0.6) is 0 Å². The number of halogens is 3. The minimum Gasteiger partial charge on any atom is -0.337 e. The van der Waals surface area contributed by atoms with Crippen molar-refractivity contribution in [2.75, 3.05) is 7.05 Å². The fourth-order valence-corrected chi connectivity index (χ4v) is 3.44. The first kappa shape index (κ1) is 15.0. The van der Waals surface area contributed by atoms with E-state index in [1.807, 2.05) is 0 Å². The molecule has 0 aliphatic heterocycles. The van der Waals surface area contributed by atoms with Crippen LogP contribution in [-0.4, -0.2) is 29.3 Å². The summed E-state index contributed by atoms with van der Waals surface area (Å²) in [6.45, 7) is 0. The Hall–Kier alpha value is -0.440. The Bertz CT molecular complexity index is 478. The summed E-state index contributed by atoms with van der Waals surface area (Å²) in [7, 11) is 1.79. The largest absolute Gasteiger partial charge is 0.337 e. The number of carbonyl (C=O) groups excluding carboxylic acids is 1. The molecule has 0 aromatic heterocycles. The first-order chi connectivity index (χ1) is 9.00. The maximum atomic E-state index is 12.5. The predicted molar refractivity (Wildman–Crippen MR) is 80.5 cm³/mol. The zero-order valence-corrected chi connectivity index (χ0v) is 13.0. The van der Waals surface area contributed by atoms with Gasteiger partial charge in [0.2, 0.25) is 0 Å². The number of carbonyl (C=O) groups is 1. The summed E-state index contributed by atoms with van der Waals surface area (Å²) >= 11 is 18.2. The second-order valence-electron chi connectivity index (χ2n) is 4.91. The van der Waals surface area contributed by atoms with Gasteiger partial charge in [0.15, 0.2) is 0 Å². The summed E-state index contributed by atoms with van der Waals surface area (Å²) in [6.07, 6.45) is 4.15. The lowest BCUT2D eigenvalue weighted by molar-refractivity contribution is 0.0700. The Kier molecular flexibility index (Phi) is 4.99. The molecule has 1 saturated carbocycles. The van der Waals surface area contributed by atoms with Crippen molar-refractivity contribution in [1.82, 2.24) is 4.90 Å². The predicted octanol–water partition coefficient (Wildman–Crippen LogP) is 4.62. The highest BCUT2D eigenvalue weighted by atomic mass is 35.5. The van der Waals surface area contributed by atoms with Crippen molar-refractivity contribution >= 4 is 40.7 Å². The van der Waals surface area contributed by atoms with Crippen molar-refractivity contribution in [2.45, 2.75) is 37.1 Å². The van der Waals surface area contributed by atoms with Crippen LogP contribution >= 0.6 is 34.8 Å². The van der Waals surface area contributed by atoms with Crippen LogP contribution < -0.4 is 0 Å². The maximum Gasteiger partial charge on any atom is 0.255 e. The van der Waals surface area contributed by atoms with Gasteiger partial charge in [-0.15, -0.1) is 11.6 Å². The van der Waals surface area contributed by atoms with Gasteiger partial charge in [0.05, 0.1) is 16.0 Å². The molecule has 2 nitrogen and oxygen atoms in total. The molecule has 5 heteroatoms. The SMILES string of the molecule is CN(C(=O)c1ccc(Cl)cc1Cl)C1CCCCC1Cl. The van der Waals surface area contributed by atoms with Gasteiger partial charge in [-0.1, -0.05) is 36.0 Å². The lowest BCUT2D eigenvalue weighted by atomic mass is 9.93.